The molecule has 1 aliphatic heterocycles. The topological polar surface area (TPSA) is 99.5 Å². The van der Waals surface area contributed by atoms with Gasteiger partial charge >= 0.3 is 0 Å². The van der Waals surface area contributed by atoms with Crippen molar-refractivity contribution in [1.29, 1.82) is 0 Å². The van der Waals surface area contributed by atoms with Gasteiger partial charge < -0.3 is 24.8 Å². The number of carbonyl (C=O) groups is 1. The molecule has 0 saturated carbocycles. The van der Waals surface area contributed by atoms with Gasteiger partial charge in [-0.1, -0.05) is 64.9 Å². The number of ether oxygens (including phenoxy) is 3. The van der Waals surface area contributed by atoms with Crippen molar-refractivity contribution in [2.24, 2.45) is 0 Å². The molecule has 1 atom stereocenters. The van der Waals surface area contributed by atoms with E-state index in [1.54, 1.807) is 42.8 Å². The standard InChI is InChI=1S/C31H32BrN5O4S/c1-5-15-42-31-35-30-33-19(2)27(29(38)34-23-11-6-7-12-24(23)39-3)28(37(30)36-31)21-13-14-25(26(17-21)40-4)41-18-20-9-8-10-22(32)16-20/h6-14,16-17,28H,5,15,18H2,1-4H3,(H,34,38)(H,33,35,36). The Kier molecular flexibility index (Phi) is 9.38. The number of allylic oxidation sites excluding steroid dienone is 1. The third-order valence-corrected chi connectivity index (χ3v) is 8.19. The number of thioether (sulfide) groups is 1. The third kappa shape index (κ3) is 6.42. The largest absolute Gasteiger partial charge is 0.495 e. The zero-order chi connectivity index (χ0) is 29.6. The zero-order valence-electron chi connectivity index (χ0n) is 23.8. The van der Waals surface area contributed by atoms with Gasteiger partial charge in [0.25, 0.3) is 5.91 Å². The highest BCUT2D eigenvalue weighted by Gasteiger charge is 2.35. The number of methoxy groups -OCH3 is 2. The molecule has 0 radical (unpaired) electrons. The second-order valence-corrected chi connectivity index (χ2v) is 11.5. The number of rotatable bonds is 11. The van der Waals surface area contributed by atoms with Gasteiger partial charge in [0.2, 0.25) is 11.1 Å². The van der Waals surface area contributed by atoms with Crippen LogP contribution in [0.25, 0.3) is 0 Å². The quantitative estimate of drug-likeness (QED) is 0.167. The normalized spacial score (nSPS) is 14.2. The molecule has 1 unspecified atom stereocenters. The number of benzene rings is 3. The first-order valence-corrected chi connectivity index (χ1v) is 15.3. The number of aromatic nitrogens is 3. The molecule has 4 aromatic rings. The molecule has 42 heavy (non-hydrogen) atoms. The number of anilines is 2. The average Bonchev–Trinajstić information content (AvgIpc) is 3.40. The molecule has 9 nitrogen and oxygen atoms in total. The summed E-state index contributed by atoms with van der Waals surface area (Å²) >= 11 is 5.08. The van der Waals surface area contributed by atoms with E-state index in [0.717, 1.165) is 27.8 Å². The summed E-state index contributed by atoms with van der Waals surface area (Å²) in [4.78, 5) is 18.6. The van der Waals surface area contributed by atoms with E-state index in [9.17, 15) is 4.79 Å². The third-order valence-electron chi connectivity index (χ3n) is 6.66. The van der Waals surface area contributed by atoms with Crippen LogP contribution >= 0.6 is 27.7 Å². The Morgan fingerprint density at radius 2 is 1.86 bits per heavy atom. The Balaban J connectivity index is 1.52. The molecule has 11 heteroatoms. The minimum absolute atomic E-state index is 0.285. The van der Waals surface area contributed by atoms with Crippen molar-refractivity contribution in [3.8, 4) is 17.2 Å². The van der Waals surface area contributed by atoms with Crippen molar-refractivity contribution >= 4 is 45.2 Å². The van der Waals surface area contributed by atoms with Crippen LogP contribution in [0.1, 0.15) is 37.4 Å². The monoisotopic (exact) mass is 649 g/mol. The molecule has 0 aliphatic carbocycles. The van der Waals surface area contributed by atoms with Crippen LogP contribution in [0.5, 0.6) is 17.2 Å². The molecular formula is C31H32BrN5O4S. The molecule has 2 heterocycles. The summed E-state index contributed by atoms with van der Waals surface area (Å²) in [5, 5.41) is 11.8. The molecular weight excluding hydrogens is 618 g/mol. The Hall–Kier alpha value is -3.96. The second-order valence-electron chi connectivity index (χ2n) is 9.56. The summed E-state index contributed by atoms with van der Waals surface area (Å²) in [6.07, 6.45) is 0.994. The molecule has 3 aromatic carbocycles. The van der Waals surface area contributed by atoms with E-state index in [1.807, 2.05) is 61.5 Å². The Morgan fingerprint density at radius 3 is 2.62 bits per heavy atom. The number of para-hydroxylation sites is 2. The second kappa shape index (κ2) is 13.3. The maximum atomic E-state index is 13.9. The van der Waals surface area contributed by atoms with Crippen molar-refractivity contribution in [3.63, 3.8) is 0 Å². The van der Waals surface area contributed by atoms with Crippen LogP contribution in [0, 0.1) is 0 Å². The number of hydrogen-bond acceptors (Lipinski definition) is 8. The summed E-state index contributed by atoms with van der Waals surface area (Å²) in [5.74, 6) is 2.88. The average molecular weight is 651 g/mol. The summed E-state index contributed by atoms with van der Waals surface area (Å²) in [7, 11) is 3.18. The van der Waals surface area contributed by atoms with E-state index in [2.05, 4.69) is 33.5 Å². The molecule has 218 valence electrons. The first-order valence-electron chi connectivity index (χ1n) is 13.5. The minimum atomic E-state index is -0.576. The van der Waals surface area contributed by atoms with E-state index in [4.69, 9.17) is 24.3 Å². The van der Waals surface area contributed by atoms with Crippen molar-refractivity contribution in [1.82, 2.24) is 14.8 Å². The lowest BCUT2D eigenvalue weighted by Gasteiger charge is -2.29. The summed E-state index contributed by atoms with van der Waals surface area (Å²) < 4.78 is 20.1. The van der Waals surface area contributed by atoms with Crippen molar-refractivity contribution in [2.75, 3.05) is 30.6 Å². The first-order chi connectivity index (χ1) is 20.4. The molecule has 0 fully saturated rings. The van der Waals surface area contributed by atoms with Gasteiger partial charge in [-0.05, 0) is 60.9 Å². The highest BCUT2D eigenvalue weighted by atomic mass is 79.9. The molecule has 0 spiro atoms. The lowest BCUT2D eigenvalue weighted by molar-refractivity contribution is -0.113. The molecule has 0 saturated heterocycles. The van der Waals surface area contributed by atoms with Crippen LogP contribution in [0.3, 0.4) is 0 Å². The Bertz CT molecular complexity index is 1620. The van der Waals surface area contributed by atoms with E-state index >= 15 is 0 Å². The van der Waals surface area contributed by atoms with Crippen molar-refractivity contribution < 1.29 is 19.0 Å². The van der Waals surface area contributed by atoms with E-state index < -0.39 is 6.04 Å². The Morgan fingerprint density at radius 1 is 1.05 bits per heavy atom. The highest BCUT2D eigenvalue weighted by molar-refractivity contribution is 9.10. The SMILES string of the molecule is CCCSc1nc2n(n1)C(c1ccc(OCc3cccc(Br)c3)c(OC)c1)C(C(=O)Nc1ccccc1OC)=C(C)N2. The van der Waals surface area contributed by atoms with Gasteiger partial charge in [-0.3, -0.25) is 4.79 Å². The number of carbonyl (C=O) groups excluding carboxylic acids is 1. The molecule has 1 amide bonds. The minimum Gasteiger partial charge on any atom is -0.495 e. The van der Waals surface area contributed by atoms with Crippen LogP contribution in [-0.4, -0.2) is 40.6 Å². The van der Waals surface area contributed by atoms with E-state index in [-0.39, 0.29) is 5.91 Å². The van der Waals surface area contributed by atoms with Crippen molar-refractivity contribution in [3.05, 3.63) is 93.6 Å². The van der Waals surface area contributed by atoms with Gasteiger partial charge in [0, 0.05) is 15.9 Å². The van der Waals surface area contributed by atoms with E-state index in [0.29, 0.717) is 51.9 Å². The Labute approximate surface area is 257 Å². The van der Waals surface area contributed by atoms with Crippen LogP contribution < -0.4 is 24.8 Å². The van der Waals surface area contributed by atoms with Crippen LogP contribution in [0.4, 0.5) is 11.6 Å². The van der Waals surface area contributed by atoms with Gasteiger partial charge in [0.05, 0.1) is 25.5 Å². The molecule has 2 N–H and O–H groups in total. The fraction of sp³-hybridized carbons (Fsp3) is 0.258. The molecule has 1 aliphatic rings. The molecule has 5 rings (SSSR count). The first kappa shape index (κ1) is 29.5. The fourth-order valence-corrected chi connectivity index (χ4v) is 5.82. The maximum Gasteiger partial charge on any atom is 0.255 e. The van der Waals surface area contributed by atoms with Crippen molar-refractivity contribution in [2.45, 2.75) is 38.1 Å². The highest BCUT2D eigenvalue weighted by Crippen LogP contribution is 2.40. The predicted molar refractivity (Wildman–Crippen MR) is 169 cm³/mol. The number of amides is 1. The fourth-order valence-electron chi connectivity index (χ4n) is 4.69. The predicted octanol–water partition coefficient (Wildman–Crippen LogP) is 7.07. The number of fused-ring (bicyclic) bond motifs is 1. The van der Waals surface area contributed by atoms with Crippen LogP contribution in [0.2, 0.25) is 0 Å². The lowest BCUT2D eigenvalue weighted by Crippen LogP contribution is -2.31. The summed E-state index contributed by atoms with van der Waals surface area (Å²) in [5.41, 5.74) is 3.56. The summed E-state index contributed by atoms with van der Waals surface area (Å²) in [6.45, 7) is 4.36. The van der Waals surface area contributed by atoms with Gasteiger partial charge in [-0.2, -0.15) is 4.98 Å². The number of nitrogens with zero attached hydrogens (tertiary/aromatic N) is 3. The van der Waals surface area contributed by atoms with Gasteiger partial charge in [-0.15, -0.1) is 5.10 Å². The zero-order valence-corrected chi connectivity index (χ0v) is 26.2. The number of nitrogens with one attached hydrogen (secondary N) is 2. The maximum absolute atomic E-state index is 13.9. The van der Waals surface area contributed by atoms with E-state index in [1.165, 1.54) is 0 Å². The summed E-state index contributed by atoms with van der Waals surface area (Å²) in [6, 6.07) is 20.4. The van der Waals surface area contributed by atoms with Crippen LogP contribution in [0.15, 0.2) is 87.6 Å². The van der Waals surface area contributed by atoms with Gasteiger partial charge in [0.1, 0.15) is 18.4 Å². The van der Waals surface area contributed by atoms with Crippen LogP contribution in [-0.2, 0) is 11.4 Å². The number of hydrogen-bond donors (Lipinski definition) is 2. The van der Waals surface area contributed by atoms with Gasteiger partial charge in [0.15, 0.2) is 11.5 Å². The number of halogens is 1. The molecule has 0 bridgehead atoms. The lowest BCUT2D eigenvalue weighted by atomic mass is 9.94. The smallest absolute Gasteiger partial charge is 0.255 e. The van der Waals surface area contributed by atoms with Gasteiger partial charge in [-0.25, -0.2) is 4.68 Å². The molecule has 1 aromatic heterocycles.